The molecule has 1 heterocycles. The molecule has 1 aromatic heterocycles. The largest absolute Gasteiger partial charge is 0.398 e. The van der Waals surface area contributed by atoms with Crippen molar-refractivity contribution in [3.63, 3.8) is 0 Å². The fourth-order valence-corrected chi connectivity index (χ4v) is 2.54. The first-order valence-corrected chi connectivity index (χ1v) is 6.99. The summed E-state index contributed by atoms with van der Waals surface area (Å²) >= 11 is 3.41. The van der Waals surface area contributed by atoms with E-state index in [1.807, 2.05) is 60.0 Å². The maximum Gasteiger partial charge on any atom is 0.170 e. The Kier molecular flexibility index (Phi) is 3.28. The third kappa shape index (κ3) is 2.20. The van der Waals surface area contributed by atoms with Crippen LogP contribution in [0.4, 0.5) is 5.69 Å². The molecule has 0 fully saturated rings. The lowest BCUT2D eigenvalue weighted by Crippen LogP contribution is -2.01. The Morgan fingerprint density at radius 2 is 1.80 bits per heavy atom. The molecule has 0 spiro atoms. The highest BCUT2D eigenvalue weighted by atomic mass is 79.9. The maximum absolute atomic E-state index is 6.10. The molecule has 0 unspecified atom stereocenters. The molecular formula is C15H13BrN4. The second-order valence-corrected chi connectivity index (χ2v) is 5.39. The van der Waals surface area contributed by atoms with Gasteiger partial charge in [0.25, 0.3) is 0 Å². The molecular weight excluding hydrogens is 316 g/mol. The Morgan fingerprint density at radius 1 is 1.05 bits per heavy atom. The molecule has 0 saturated carbocycles. The van der Waals surface area contributed by atoms with E-state index in [-0.39, 0.29) is 0 Å². The molecule has 0 bridgehead atoms. The van der Waals surface area contributed by atoms with Crippen molar-refractivity contribution in [1.82, 2.24) is 14.8 Å². The molecule has 2 N–H and O–H groups in total. The van der Waals surface area contributed by atoms with Gasteiger partial charge >= 0.3 is 0 Å². The Morgan fingerprint density at radius 3 is 2.50 bits per heavy atom. The number of halogens is 1. The maximum atomic E-state index is 6.10. The number of nitrogens with zero attached hydrogens (tertiary/aromatic N) is 3. The highest BCUT2D eigenvalue weighted by molar-refractivity contribution is 9.10. The van der Waals surface area contributed by atoms with E-state index in [0.29, 0.717) is 5.69 Å². The number of hydrogen-bond donors (Lipinski definition) is 1. The first-order valence-electron chi connectivity index (χ1n) is 6.19. The molecule has 0 amide bonds. The van der Waals surface area contributed by atoms with Crippen molar-refractivity contribution >= 4 is 21.6 Å². The van der Waals surface area contributed by atoms with Crippen molar-refractivity contribution in [3.05, 3.63) is 58.8 Å². The minimum Gasteiger partial charge on any atom is -0.398 e. The fraction of sp³-hybridized carbons (Fsp3) is 0.0667. The highest BCUT2D eigenvalue weighted by Gasteiger charge is 2.14. The van der Waals surface area contributed by atoms with Crippen LogP contribution in [0.5, 0.6) is 0 Å². The highest BCUT2D eigenvalue weighted by Crippen LogP contribution is 2.29. The van der Waals surface area contributed by atoms with Gasteiger partial charge in [-0.2, -0.15) is 0 Å². The molecule has 3 aromatic rings. The average molecular weight is 329 g/mol. The van der Waals surface area contributed by atoms with Crippen LogP contribution in [0.15, 0.2) is 53.0 Å². The Labute approximate surface area is 125 Å². The van der Waals surface area contributed by atoms with Crippen LogP contribution in [-0.4, -0.2) is 14.8 Å². The zero-order chi connectivity index (χ0) is 14.1. The Balaban J connectivity index is 2.21. The molecule has 0 aliphatic rings. The van der Waals surface area contributed by atoms with Crippen LogP contribution in [0.2, 0.25) is 0 Å². The lowest BCUT2D eigenvalue weighted by molar-refractivity contribution is 0.972. The molecule has 0 aliphatic carbocycles. The summed E-state index contributed by atoms with van der Waals surface area (Å²) in [5.74, 6) is 1.58. The zero-order valence-corrected chi connectivity index (χ0v) is 12.5. The topological polar surface area (TPSA) is 56.7 Å². The van der Waals surface area contributed by atoms with Crippen LogP contribution in [-0.2, 0) is 0 Å². The minimum atomic E-state index is 0.670. The van der Waals surface area contributed by atoms with E-state index < -0.39 is 0 Å². The van der Waals surface area contributed by atoms with Crippen LogP contribution < -0.4 is 5.73 Å². The quantitative estimate of drug-likeness (QED) is 0.731. The van der Waals surface area contributed by atoms with Gasteiger partial charge in [-0.25, -0.2) is 0 Å². The summed E-state index contributed by atoms with van der Waals surface area (Å²) in [5.41, 5.74) is 8.66. The van der Waals surface area contributed by atoms with Crippen molar-refractivity contribution in [1.29, 1.82) is 0 Å². The van der Waals surface area contributed by atoms with E-state index in [9.17, 15) is 0 Å². The molecule has 0 radical (unpaired) electrons. The van der Waals surface area contributed by atoms with Gasteiger partial charge in [0.05, 0.1) is 0 Å². The average Bonchev–Trinajstić information content (AvgIpc) is 2.81. The molecule has 0 aliphatic heterocycles. The molecule has 4 nitrogen and oxygen atoms in total. The summed E-state index contributed by atoms with van der Waals surface area (Å²) in [6.07, 6.45) is 0. The number of nitrogen functional groups attached to an aromatic ring is 1. The summed E-state index contributed by atoms with van der Waals surface area (Å²) in [6, 6.07) is 15.8. The molecule has 20 heavy (non-hydrogen) atoms. The van der Waals surface area contributed by atoms with Crippen LogP contribution in [0, 0.1) is 6.92 Å². The number of aromatic nitrogens is 3. The van der Waals surface area contributed by atoms with Crippen molar-refractivity contribution in [2.75, 3.05) is 5.73 Å². The van der Waals surface area contributed by atoms with E-state index in [0.717, 1.165) is 27.4 Å². The van der Waals surface area contributed by atoms with E-state index in [1.165, 1.54) is 0 Å². The number of nitrogens with two attached hydrogens (primary N) is 1. The normalized spacial score (nSPS) is 10.7. The van der Waals surface area contributed by atoms with Gasteiger partial charge < -0.3 is 5.73 Å². The Hall–Kier alpha value is -2.14. The van der Waals surface area contributed by atoms with Gasteiger partial charge in [0.15, 0.2) is 5.82 Å². The predicted octanol–water partition coefficient (Wildman–Crippen LogP) is 3.59. The van der Waals surface area contributed by atoms with Gasteiger partial charge in [-0.05, 0) is 37.3 Å². The van der Waals surface area contributed by atoms with Gasteiger partial charge in [0.1, 0.15) is 5.82 Å². The molecule has 0 saturated heterocycles. The molecule has 0 atom stereocenters. The van der Waals surface area contributed by atoms with Gasteiger partial charge in [-0.1, -0.05) is 34.1 Å². The molecule has 3 rings (SSSR count). The monoisotopic (exact) mass is 328 g/mol. The van der Waals surface area contributed by atoms with Gasteiger partial charge in [0.2, 0.25) is 0 Å². The third-order valence-corrected chi connectivity index (χ3v) is 3.59. The van der Waals surface area contributed by atoms with Crippen molar-refractivity contribution < 1.29 is 0 Å². The lowest BCUT2D eigenvalue weighted by atomic mass is 10.1. The van der Waals surface area contributed by atoms with Crippen molar-refractivity contribution in [2.45, 2.75) is 6.92 Å². The second kappa shape index (κ2) is 5.09. The van der Waals surface area contributed by atoms with E-state index >= 15 is 0 Å². The first kappa shape index (κ1) is 12.9. The number of para-hydroxylation sites is 1. The molecule has 100 valence electrons. The third-order valence-electron chi connectivity index (χ3n) is 3.09. The predicted molar refractivity (Wildman–Crippen MR) is 83.6 cm³/mol. The smallest absolute Gasteiger partial charge is 0.170 e. The minimum absolute atomic E-state index is 0.670. The summed E-state index contributed by atoms with van der Waals surface area (Å²) in [4.78, 5) is 0. The number of hydrogen-bond acceptors (Lipinski definition) is 3. The van der Waals surface area contributed by atoms with Crippen LogP contribution >= 0.6 is 15.9 Å². The van der Waals surface area contributed by atoms with Crippen LogP contribution in [0.25, 0.3) is 17.1 Å². The summed E-state index contributed by atoms with van der Waals surface area (Å²) in [6.45, 7) is 1.93. The fourth-order valence-electron chi connectivity index (χ4n) is 2.16. The lowest BCUT2D eigenvalue weighted by Gasteiger charge is -2.10. The first-order chi connectivity index (χ1) is 9.66. The standard InChI is InChI=1S/C15H13BrN4/c1-10-18-19-15(13-8-7-11(16)9-14(13)17)20(10)12-5-3-2-4-6-12/h2-9H,17H2,1H3. The zero-order valence-electron chi connectivity index (χ0n) is 10.9. The molecule has 5 heteroatoms. The van der Waals surface area contributed by atoms with Crippen molar-refractivity contribution in [3.8, 4) is 17.1 Å². The van der Waals surface area contributed by atoms with Gasteiger partial charge in [0, 0.05) is 21.4 Å². The number of anilines is 1. The summed E-state index contributed by atoms with van der Waals surface area (Å²) in [7, 11) is 0. The van der Waals surface area contributed by atoms with E-state index in [2.05, 4.69) is 26.1 Å². The molecule has 2 aromatic carbocycles. The van der Waals surface area contributed by atoms with E-state index in [4.69, 9.17) is 5.73 Å². The second-order valence-electron chi connectivity index (χ2n) is 4.47. The summed E-state index contributed by atoms with van der Waals surface area (Å²) in [5, 5.41) is 8.45. The number of benzene rings is 2. The Bertz CT molecular complexity index is 750. The van der Waals surface area contributed by atoms with E-state index in [1.54, 1.807) is 0 Å². The van der Waals surface area contributed by atoms with Gasteiger partial charge in [-0.15, -0.1) is 10.2 Å². The van der Waals surface area contributed by atoms with Crippen LogP contribution in [0.3, 0.4) is 0 Å². The number of aryl methyl sites for hydroxylation is 1. The SMILES string of the molecule is Cc1nnc(-c2ccc(Br)cc2N)n1-c1ccccc1. The summed E-state index contributed by atoms with van der Waals surface area (Å²) < 4.78 is 2.95. The van der Waals surface area contributed by atoms with Gasteiger partial charge in [-0.3, -0.25) is 4.57 Å². The van der Waals surface area contributed by atoms with Crippen molar-refractivity contribution in [2.24, 2.45) is 0 Å². The number of rotatable bonds is 2. The van der Waals surface area contributed by atoms with Crippen LogP contribution in [0.1, 0.15) is 5.82 Å².